The quantitative estimate of drug-likeness (QED) is 0.492. The van der Waals surface area contributed by atoms with Crippen LogP contribution in [0.3, 0.4) is 0 Å². The van der Waals surface area contributed by atoms with E-state index in [9.17, 15) is 13.2 Å². The largest absolute Gasteiger partial charge is 0.352 e. The molecule has 0 aliphatic rings. The van der Waals surface area contributed by atoms with Crippen molar-refractivity contribution in [3.63, 3.8) is 0 Å². The maximum atomic E-state index is 12.8. The number of benzene rings is 2. The zero-order chi connectivity index (χ0) is 22.6. The Balaban J connectivity index is 1.67. The summed E-state index contributed by atoms with van der Waals surface area (Å²) in [6, 6.07) is 9.30. The van der Waals surface area contributed by atoms with Gasteiger partial charge < -0.3 is 9.84 Å². The number of nitrogens with zero attached hydrogens (tertiary/aromatic N) is 2. The highest BCUT2D eigenvalue weighted by molar-refractivity contribution is 7.92. The van der Waals surface area contributed by atoms with Crippen LogP contribution in [0.2, 0.25) is 5.02 Å². The van der Waals surface area contributed by atoms with Crippen molar-refractivity contribution < 1.29 is 17.7 Å². The summed E-state index contributed by atoms with van der Waals surface area (Å²) in [6.45, 7) is 5.92. The average Bonchev–Trinajstić information content (AvgIpc) is 3.13. The fourth-order valence-corrected chi connectivity index (χ4v) is 4.12. The van der Waals surface area contributed by atoms with Gasteiger partial charge in [-0.05, 0) is 68.7 Å². The molecule has 0 aliphatic heterocycles. The van der Waals surface area contributed by atoms with Gasteiger partial charge in [-0.15, -0.1) is 0 Å². The fourth-order valence-electron chi connectivity index (χ4n) is 2.84. The molecule has 0 atom stereocenters. The van der Waals surface area contributed by atoms with Crippen molar-refractivity contribution in [3.8, 4) is 0 Å². The molecule has 0 saturated heterocycles. The molecule has 3 aromatic rings. The molecule has 1 heterocycles. The number of hydrogen-bond donors (Lipinski definition) is 2. The van der Waals surface area contributed by atoms with Crippen molar-refractivity contribution in [2.75, 3.05) is 11.3 Å². The number of hydrogen-bond acceptors (Lipinski definition) is 6. The number of carbonyl (C=O) groups is 1. The molecule has 31 heavy (non-hydrogen) atoms. The summed E-state index contributed by atoms with van der Waals surface area (Å²) in [5, 5.41) is 6.60. The summed E-state index contributed by atoms with van der Waals surface area (Å²) in [7, 11) is -3.89. The molecule has 0 bridgehead atoms. The van der Waals surface area contributed by atoms with E-state index in [0.29, 0.717) is 36.8 Å². The second-order valence-electron chi connectivity index (χ2n) is 7.14. The second-order valence-corrected chi connectivity index (χ2v) is 9.23. The van der Waals surface area contributed by atoms with Crippen molar-refractivity contribution in [1.82, 2.24) is 15.5 Å². The van der Waals surface area contributed by atoms with Gasteiger partial charge in [0.05, 0.1) is 15.5 Å². The minimum absolute atomic E-state index is 0.0541. The molecule has 0 fully saturated rings. The van der Waals surface area contributed by atoms with Crippen LogP contribution in [-0.4, -0.2) is 31.0 Å². The summed E-state index contributed by atoms with van der Waals surface area (Å²) in [5.74, 6) is 0.587. The summed E-state index contributed by atoms with van der Waals surface area (Å²) in [5.41, 5.74) is 2.55. The summed E-state index contributed by atoms with van der Waals surface area (Å²) in [4.78, 5) is 16.6. The van der Waals surface area contributed by atoms with E-state index in [2.05, 4.69) is 20.2 Å². The van der Waals surface area contributed by atoms with Gasteiger partial charge in [0.2, 0.25) is 5.89 Å². The van der Waals surface area contributed by atoms with E-state index in [1.165, 1.54) is 18.2 Å². The van der Waals surface area contributed by atoms with Crippen molar-refractivity contribution in [3.05, 3.63) is 69.8 Å². The molecule has 1 amide bonds. The second kappa shape index (κ2) is 9.49. The van der Waals surface area contributed by atoms with E-state index in [1.54, 1.807) is 19.1 Å². The Hall–Kier alpha value is -2.91. The molecule has 1 aromatic heterocycles. The fraction of sp³-hybridized carbons (Fsp3) is 0.286. The first-order chi connectivity index (χ1) is 14.7. The van der Waals surface area contributed by atoms with Crippen LogP contribution < -0.4 is 10.0 Å². The number of aromatic nitrogens is 2. The number of amides is 1. The Morgan fingerprint density at radius 3 is 2.55 bits per heavy atom. The lowest BCUT2D eigenvalue weighted by molar-refractivity contribution is 0.0953. The maximum Gasteiger partial charge on any atom is 0.261 e. The molecule has 2 aromatic carbocycles. The van der Waals surface area contributed by atoms with Gasteiger partial charge in [-0.1, -0.05) is 22.8 Å². The lowest BCUT2D eigenvalue weighted by Gasteiger charge is -2.12. The Morgan fingerprint density at radius 2 is 1.87 bits per heavy atom. The molecular weight excluding hydrogens is 440 g/mol. The van der Waals surface area contributed by atoms with Crippen LogP contribution in [0.4, 0.5) is 5.69 Å². The van der Waals surface area contributed by atoms with Crippen LogP contribution in [0.1, 0.15) is 39.6 Å². The molecule has 2 N–H and O–H groups in total. The predicted molar refractivity (Wildman–Crippen MR) is 118 cm³/mol. The van der Waals surface area contributed by atoms with E-state index >= 15 is 0 Å². The van der Waals surface area contributed by atoms with Gasteiger partial charge in [0.1, 0.15) is 0 Å². The SMILES string of the molecule is Cc1noc(CCCNC(=O)c2cc(S(=O)(=O)Nc3ccc(C)c(C)c3)ccc2Cl)n1. The third-order valence-corrected chi connectivity index (χ3v) is 6.38. The van der Waals surface area contributed by atoms with Crippen LogP contribution >= 0.6 is 11.6 Å². The highest BCUT2D eigenvalue weighted by atomic mass is 35.5. The number of aryl methyl sites for hydroxylation is 4. The first-order valence-electron chi connectivity index (χ1n) is 9.63. The van der Waals surface area contributed by atoms with Crippen LogP contribution in [0, 0.1) is 20.8 Å². The van der Waals surface area contributed by atoms with Crippen molar-refractivity contribution >= 4 is 33.2 Å². The van der Waals surface area contributed by atoms with Gasteiger partial charge in [0, 0.05) is 18.7 Å². The Kier molecular flexibility index (Phi) is 6.97. The standard InChI is InChI=1S/C21H23ClN4O4S/c1-13-6-7-16(11-14(13)2)26-31(28,29)17-8-9-19(22)18(12-17)21(27)23-10-4-5-20-24-15(3)25-30-20/h6-9,11-12,26H,4-5,10H2,1-3H3,(H,23,27). The van der Waals surface area contributed by atoms with Crippen LogP contribution in [-0.2, 0) is 16.4 Å². The first kappa shape index (κ1) is 22.8. The number of rotatable bonds is 8. The highest BCUT2D eigenvalue weighted by Gasteiger charge is 2.19. The molecule has 8 nitrogen and oxygen atoms in total. The minimum atomic E-state index is -3.89. The van der Waals surface area contributed by atoms with Gasteiger partial charge >= 0.3 is 0 Å². The summed E-state index contributed by atoms with van der Waals surface area (Å²) < 4.78 is 33.1. The molecule has 0 spiro atoms. The number of carbonyl (C=O) groups excluding carboxylic acids is 1. The lowest BCUT2D eigenvalue weighted by Crippen LogP contribution is -2.25. The first-order valence-corrected chi connectivity index (χ1v) is 11.5. The van der Waals surface area contributed by atoms with Crippen molar-refractivity contribution in [2.24, 2.45) is 0 Å². The van der Waals surface area contributed by atoms with Gasteiger partial charge in [0.15, 0.2) is 5.82 Å². The molecular formula is C21H23ClN4O4S. The Bertz CT molecular complexity index is 1210. The normalized spacial score (nSPS) is 11.4. The smallest absolute Gasteiger partial charge is 0.261 e. The van der Waals surface area contributed by atoms with E-state index in [1.807, 2.05) is 19.9 Å². The van der Waals surface area contributed by atoms with Gasteiger partial charge in [-0.3, -0.25) is 9.52 Å². The van der Waals surface area contributed by atoms with Crippen LogP contribution in [0.25, 0.3) is 0 Å². The number of anilines is 1. The molecule has 0 saturated carbocycles. The highest BCUT2D eigenvalue weighted by Crippen LogP contribution is 2.23. The zero-order valence-corrected chi connectivity index (χ0v) is 19.0. The summed E-state index contributed by atoms with van der Waals surface area (Å²) in [6.07, 6.45) is 1.10. The molecule has 3 rings (SSSR count). The topological polar surface area (TPSA) is 114 Å². The van der Waals surface area contributed by atoms with Gasteiger partial charge in [-0.2, -0.15) is 4.98 Å². The molecule has 0 unspecified atom stereocenters. The molecule has 0 aliphatic carbocycles. The van der Waals surface area contributed by atoms with E-state index < -0.39 is 15.9 Å². The minimum Gasteiger partial charge on any atom is -0.352 e. The predicted octanol–water partition coefficient (Wildman–Crippen LogP) is 3.81. The van der Waals surface area contributed by atoms with E-state index in [4.69, 9.17) is 16.1 Å². The van der Waals surface area contributed by atoms with E-state index in [0.717, 1.165) is 11.1 Å². The van der Waals surface area contributed by atoms with Crippen LogP contribution in [0.15, 0.2) is 45.8 Å². The third-order valence-electron chi connectivity index (χ3n) is 4.67. The van der Waals surface area contributed by atoms with E-state index in [-0.39, 0.29) is 15.5 Å². The van der Waals surface area contributed by atoms with Gasteiger partial charge in [-0.25, -0.2) is 8.42 Å². The average molecular weight is 463 g/mol. The van der Waals surface area contributed by atoms with Crippen molar-refractivity contribution in [1.29, 1.82) is 0 Å². The molecule has 164 valence electrons. The number of nitrogens with one attached hydrogen (secondary N) is 2. The third kappa shape index (κ3) is 5.83. The van der Waals surface area contributed by atoms with Crippen LogP contribution in [0.5, 0.6) is 0 Å². The molecule has 0 radical (unpaired) electrons. The zero-order valence-electron chi connectivity index (χ0n) is 17.4. The lowest BCUT2D eigenvalue weighted by atomic mass is 10.1. The maximum absolute atomic E-state index is 12.8. The Labute approximate surface area is 186 Å². The monoisotopic (exact) mass is 462 g/mol. The number of sulfonamides is 1. The summed E-state index contributed by atoms with van der Waals surface area (Å²) >= 11 is 6.14. The molecule has 10 heteroatoms. The number of halogens is 1. The van der Waals surface area contributed by atoms with Crippen molar-refractivity contribution in [2.45, 2.75) is 38.5 Å². The van der Waals surface area contributed by atoms with Gasteiger partial charge in [0.25, 0.3) is 15.9 Å². The Morgan fingerprint density at radius 1 is 1.10 bits per heavy atom.